The molecule has 1 unspecified atom stereocenters. The maximum Gasteiger partial charge on any atom is 0.264 e. The zero-order valence-corrected chi connectivity index (χ0v) is 26.0. The Kier molecular flexibility index (Phi) is 9.03. The van der Waals surface area contributed by atoms with Crippen LogP contribution in [-0.2, 0) is 9.59 Å². The average Bonchev–Trinajstić information content (AvgIpc) is 2.99. The fraction of sp³-hybridized carbons (Fsp3) is 0.455. The fourth-order valence-corrected chi connectivity index (χ4v) is 6.85. The van der Waals surface area contributed by atoms with Crippen LogP contribution in [0, 0.1) is 6.92 Å². The number of piperazine rings is 1. The number of nitrogens with one attached hydrogen (secondary N) is 2. The van der Waals surface area contributed by atoms with E-state index in [9.17, 15) is 23.2 Å². The van der Waals surface area contributed by atoms with Crippen LogP contribution in [0.3, 0.4) is 0 Å². The average molecular weight is 639 g/mol. The lowest BCUT2D eigenvalue weighted by Crippen LogP contribution is -2.48. The quantitative estimate of drug-likeness (QED) is 0.347. The Balaban J connectivity index is 1.08. The Morgan fingerprint density at radius 2 is 1.76 bits per heavy atom. The topological polar surface area (TPSA) is 99.6 Å². The largest absolute Gasteiger partial charge is 0.383 e. The molecule has 9 nitrogen and oxygen atoms in total. The first-order valence-corrected chi connectivity index (χ1v) is 15.8. The van der Waals surface area contributed by atoms with Gasteiger partial charge < -0.3 is 5.32 Å². The van der Waals surface area contributed by atoms with Crippen LogP contribution in [0.15, 0.2) is 52.8 Å². The van der Waals surface area contributed by atoms with Crippen LogP contribution < -0.4 is 16.2 Å². The summed E-state index contributed by atoms with van der Waals surface area (Å²) < 4.78 is 30.3. The van der Waals surface area contributed by atoms with Gasteiger partial charge >= 0.3 is 0 Å². The number of fused-ring (bicyclic) bond motifs is 1. The zero-order chi connectivity index (χ0) is 31.7. The molecule has 2 amide bonds. The second-order valence-electron chi connectivity index (χ2n) is 12.2. The minimum Gasteiger partial charge on any atom is -0.383 e. The molecule has 12 heteroatoms. The zero-order valence-electron chi connectivity index (χ0n) is 25.3. The van der Waals surface area contributed by atoms with E-state index in [2.05, 4.69) is 25.4 Å². The van der Waals surface area contributed by atoms with Gasteiger partial charge in [0.05, 0.1) is 10.9 Å². The Bertz CT molecular complexity index is 1700. The summed E-state index contributed by atoms with van der Waals surface area (Å²) in [5.74, 6) is -3.09. The molecule has 6 rings (SSSR count). The molecule has 2 fully saturated rings. The maximum absolute atomic E-state index is 14.4. The van der Waals surface area contributed by atoms with E-state index < -0.39 is 17.9 Å². The highest BCUT2D eigenvalue weighted by atomic mass is 35.5. The molecule has 1 atom stereocenters. The number of amides is 2. The number of alkyl halides is 2. The summed E-state index contributed by atoms with van der Waals surface area (Å²) in [7, 11) is 0. The van der Waals surface area contributed by atoms with Gasteiger partial charge in [-0.3, -0.25) is 34.1 Å². The van der Waals surface area contributed by atoms with Crippen LogP contribution in [0.25, 0.3) is 16.5 Å². The molecule has 1 aliphatic carbocycles. The Morgan fingerprint density at radius 3 is 2.49 bits per heavy atom. The van der Waals surface area contributed by atoms with Crippen molar-refractivity contribution in [3.8, 4) is 0 Å². The predicted molar refractivity (Wildman–Crippen MR) is 171 cm³/mol. The molecule has 238 valence electrons. The van der Waals surface area contributed by atoms with Crippen molar-refractivity contribution in [3.05, 3.63) is 74.8 Å². The first kappa shape index (κ1) is 31.3. The number of piperidine rings is 1. The Hall–Kier alpha value is -3.67. The van der Waals surface area contributed by atoms with Crippen LogP contribution in [-0.4, -0.2) is 82.9 Å². The Labute approximate surface area is 265 Å². The molecular weight excluding hydrogens is 602 g/mol. The number of halogens is 3. The molecule has 2 N–H and O–H groups in total. The number of nitrogens with zero attached hydrogens (tertiary/aromatic N) is 4. The summed E-state index contributed by atoms with van der Waals surface area (Å²) in [6, 6.07) is 12.1. The highest BCUT2D eigenvalue weighted by Gasteiger charge is 2.36. The van der Waals surface area contributed by atoms with E-state index in [0.29, 0.717) is 46.9 Å². The second kappa shape index (κ2) is 13.0. The third kappa shape index (κ3) is 6.95. The van der Waals surface area contributed by atoms with Gasteiger partial charge in [-0.1, -0.05) is 29.8 Å². The first-order chi connectivity index (χ1) is 21.6. The Morgan fingerprint density at radius 1 is 1.02 bits per heavy atom. The van der Waals surface area contributed by atoms with Gasteiger partial charge in [-0.2, -0.15) is 0 Å². The minimum absolute atomic E-state index is 0.133. The fourth-order valence-electron chi connectivity index (χ4n) is 6.73. The molecule has 2 aromatic carbocycles. The van der Waals surface area contributed by atoms with Crippen LogP contribution in [0.1, 0.15) is 49.5 Å². The molecule has 0 spiro atoms. The van der Waals surface area contributed by atoms with Crippen LogP contribution in [0.5, 0.6) is 0 Å². The lowest BCUT2D eigenvalue weighted by molar-refractivity contribution is -0.135. The van der Waals surface area contributed by atoms with Crippen molar-refractivity contribution in [1.29, 1.82) is 0 Å². The summed E-state index contributed by atoms with van der Waals surface area (Å²) in [5, 5.41) is 6.76. The summed E-state index contributed by atoms with van der Waals surface area (Å²) >= 11 is 6.06. The SMILES string of the molecule is Cc1nc2cccc(NCCN3CCN(CC4=C(c5ccc(Cl)cc5)CCC(F)(F)C4)CC3)c2c(=O)n1C1CCC(=O)NC1=O. The summed E-state index contributed by atoms with van der Waals surface area (Å²) in [5.41, 5.74) is 3.67. The third-order valence-electron chi connectivity index (χ3n) is 9.08. The number of aromatic nitrogens is 2. The predicted octanol–water partition coefficient (Wildman–Crippen LogP) is 4.64. The first-order valence-electron chi connectivity index (χ1n) is 15.5. The molecule has 2 aliphatic heterocycles. The molecule has 3 aromatic rings. The lowest BCUT2D eigenvalue weighted by atomic mass is 9.85. The van der Waals surface area contributed by atoms with Crippen LogP contribution in [0.4, 0.5) is 14.5 Å². The molecule has 0 saturated carbocycles. The number of benzene rings is 2. The van der Waals surface area contributed by atoms with Crippen molar-refractivity contribution >= 4 is 45.6 Å². The highest BCUT2D eigenvalue weighted by Crippen LogP contribution is 2.41. The van der Waals surface area contributed by atoms with Crippen molar-refractivity contribution in [2.45, 2.75) is 51.0 Å². The molecule has 1 aromatic heterocycles. The normalized spacial score (nSPS) is 21.3. The number of allylic oxidation sites excluding steroid dienone is 1. The molecular formula is C33H37ClF2N6O3. The van der Waals surface area contributed by atoms with Crippen molar-refractivity contribution in [2.75, 3.05) is 51.1 Å². The lowest BCUT2D eigenvalue weighted by Gasteiger charge is -2.37. The van der Waals surface area contributed by atoms with Gasteiger partial charge in [0, 0.05) is 75.8 Å². The van der Waals surface area contributed by atoms with E-state index in [1.807, 2.05) is 36.4 Å². The number of aryl methyl sites for hydroxylation is 1. The molecule has 0 bridgehead atoms. The smallest absolute Gasteiger partial charge is 0.264 e. The molecule has 3 heterocycles. The summed E-state index contributed by atoms with van der Waals surface area (Å²) in [6.45, 7) is 6.71. The summed E-state index contributed by atoms with van der Waals surface area (Å²) in [6.07, 6.45) is 0.437. The number of anilines is 1. The van der Waals surface area contributed by atoms with Crippen LogP contribution in [0.2, 0.25) is 5.02 Å². The third-order valence-corrected chi connectivity index (χ3v) is 9.33. The van der Waals surface area contributed by atoms with Gasteiger partial charge in [0.2, 0.25) is 11.8 Å². The monoisotopic (exact) mass is 638 g/mol. The molecule has 0 radical (unpaired) electrons. The van der Waals surface area contributed by atoms with E-state index >= 15 is 0 Å². The van der Waals surface area contributed by atoms with Crippen molar-refractivity contribution in [1.82, 2.24) is 24.7 Å². The molecule has 2 saturated heterocycles. The van der Waals surface area contributed by atoms with Crippen molar-refractivity contribution in [2.24, 2.45) is 0 Å². The van der Waals surface area contributed by atoms with Gasteiger partial charge in [-0.25, -0.2) is 13.8 Å². The van der Waals surface area contributed by atoms with Crippen molar-refractivity contribution in [3.63, 3.8) is 0 Å². The standard InChI is InChI=1S/C33H37ClF2N6O3/c1-21-38-27-4-2-3-26(30(27)32(45)42(21)28-9-10-29(43)39-31(28)44)37-13-14-40-15-17-41(18-16-40)20-23-19-33(35,36)12-11-25(23)22-5-7-24(34)8-6-22/h2-8,28,37H,9-20H2,1H3,(H,39,43,44). The number of carbonyl (C=O) groups is 2. The van der Waals surface area contributed by atoms with E-state index in [-0.39, 0.29) is 37.1 Å². The van der Waals surface area contributed by atoms with E-state index in [4.69, 9.17) is 11.6 Å². The second-order valence-corrected chi connectivity index (χ2v) is 12.6. The van der Waals surface area contributed by atoms with Gasteiger partial charge in [-0.05, 0) is 60.7 Å². The van der Waals surface area contributed by atoms with Crippen LogP contribution >= 0.6 is 11.6 Å². The van der Waals surface area contributed by atoms with Gasteiger partial charge in [-0.15, -0.1) is 0 Å². The van der Waals surface area contributed by atoms with Gasteiger partial charge in [0.1, 0.15) is 11.9 Å². The van der Waals surface area contributed by atoms with E-state index in [1.54, 1.807) is 13.0 Å². The number of hydrogen-bond donors (Lipinski definition) is 2. The maximum atomic E-state index is 14.4. The van der Waals surface area contributed by atoms with Gasteiger partial charge in [0.25, 0.3) is 11.5 Å². The molecule has 45 heavy (non-hydrogen) atoms. The van der Waals surface area contributed by atoms with E-state index in [1.165, 1.54) is 4.57 Å². The van der Waals surface area contributed by atoms with E-state index in [0.717, 1.165) is 49.4 Å². The number of rotatable bonds is 8. The molecule has 3 aliphatic rings. The summed E-state index contributed by atoms with van der Waals surface area (Å²) in [4.78, 5) is 47.1. The van der Waals surface area contributed by atoms with Crippen molar-refractivity contribution < 1.29 is 18.4 Å². The minimum atomic E-state index is -2.68. The number of carbonyl (C=O) groups excluding carboxylic acids is 2. The highest BCUT2D eigenvalue weighted by molar-refractivity contribution is 6.30. The number of imide groups is 1. The number of hydrogen-bond acceptors (Lipinski definition) is 7. The van der Waals surface area contributed by atoms with Gasteiger partial charge in [0.15, 0.2) is 0 Å².